The average Bonchev–Trinajstić information content (AvgIpc) is 2.44. The first-order valence-electron chi connectivity index (χ1n) is 8.80. The topological polar surface area (TPSA) is 75.4 Å². The number of nitrogens with zero attached hydrogens (tertiary/aromatic N) is 1. The molecule has 0 bridgehead atoms. The lowest BCUT2D eigenvalue weighted by atomic mass is 9.88. The van der Waals surface area contributed by atoms with E-state index in [4.69, 9.17) is 5.73 Å². The largest absolute Gasteiger partial charge is 0.349 e. The summed E-state index contributed by atoms with van der Waals surface area (Å²) in [5, 5.41) is 3.14. The van der Waals surface area contributed by atoms with E-state index in [-0.39, 0.29) is 35.7 Å². The molecule has 1 fully saturated rings. The first-order valence-corrected chi connectivity index (χ1v) is 8.80. The molecule has 1 aliphatic heterocycles. The summed E-state index contributed by atoms with van der Waals surface area (Å²) >= 11 is 0. The highest BCUT2D eigenvalue weighted by molar-refractivity contribution is 5.85. The van der Waals surface area contributed by atoms with Gasteiger partial charge in [0.05, 0.1) is 5.92 Å². The van der Waals surface area contributed by atoms with Crippen LogP contribution >= 0.6 is 12.4 Å². The summed E-state index contributed by atoms with van der Waals surface area (Å²) in [4.78, 5) is 27.0. The van der Waals surface area contributed by atoms with E-state index < -0.39 is 5.41 Å². The molecule has 1 heterocycles. The molecular formula is C18H36ClN3O2. The van der Waals surface area contributed by atoms with Crippen LogP contribution in [0, 0.1) is 17.3 Å². The molecule has 3 N–H and O–H groups in total. The number of halogens is 1. The Bertz CT molecular complexity index is 434. The van der Waals surface area contributed by atoms with Gasteiger partial charge in [0.15, 0.2) is 0 Å². The quantitative estimate of drug-likeness (QED) is 0.790. The monoisotopic (exact) mass is 361 g/mol. The van der Waals surface area contributed by atoms with Crippen molar-refractivity contribution in [2.75, 3.05) is 19.6 Å². The summed E-state index contributed by atoms with van der Waals surface area (Å²) in [5.41, 5.74) is 5.11. The molecule has 1 aliphatic rings. The van der Waals surface area contributed by atoms with Crippen LogP contribution in [0.25, 0.3) is 0 Å². The van der Waals surface area contributed by atoms with Crippen LogP contribution in [0.5, 0.6) is 0 Å². The van der Waals surface area contributed by atoms with Gasteiger partial charge < -0.3 is 16.0 Å². The number of nitrogens with one attached hydrogen (secondary N) is 1. The van der Waals surface area contributed by atoms with Crippen molar-refractivity contribution in [2.45, 2.75) is 66.3 Å². The third-order valence-corrected chi connectivity index (χ3v) is 4.46. The molecule has 0 aromatic heterocycles. The standard InChI is InChI=1S/C18H35N3O2.ClH/c1-13(2)10-18(6,12-19)20-15(22)14-8-7-9-21(11-14)16(23)17(3,4)5;/h13-14H,7-12,19H2,1-6H3,(H,20,22);1H. The van der Waals surface area contributed by atoms with Crippen LogP contribution in [0.3, 0.4) is 0 Å². The van der Waals surface area contributed by atoms with E-state index in [0.29, 0.717) is 19.0 Å². The van der Waals surface area contributed by atoms with Crippen molar-refractivity contribution in [1.82, 2.24) is 10.2 Å². The van der Waals surface area contributed by atoms with Gasteiger partial charge in [0.2, 0.25) is 11.8 Å². The van der Waals surface area contributed by atoms with E-state index in [9.17, 15) is 9.59 Å². The van der Waals surface area contributed by atoms with Crippen molar-refractivity contribution in [1.29, 1.82) is 0 Å². The molecule has 24 heavy (non-hydrogen) atoms. The number of carbonyl (C=O) groups excluding carboxylic acids is 2. The Labute approximate surface area is 153 Å². The van der Waals surface area contributed by atoms with Gasteiger partial charge in [0.25, 0.3) is 0 Å². The molecule has 1 saturated heterocycles. The van der Waals surface area contributed by atoms with Gasteiger partial charge in [-0.3, -0.25) is 9.59 Å². The van der Waals surface area contributed by atoms with Crippen molar-refractivity contribution in [2.24, 2.45) is 23.0 Å². The molecule has 0 radical (unpaired) electrons. The number of hydrogen-bond donors (Lipinski definition) is 2. The SMILES string of the molecule is CC(C)CC(C)(CN)NC(=O)C1CCCN(C(=O)C(C)(C)C)C1.Cl. The first kappa shape index (κ1) is 23.2. The molecule has 0 spiro atoms. The normalized spacial score (nSPS) is 21.0. The highest BCUT2D eigenvalue weighted by Gasteiger charge is 2.35. The van der Waals surface area contributed by atoms with Crippen molar-refractivity contribution >= 4 is 24.2 Å². The van der Waals surface area contributed by atoms with Gasteiger partial charge in [-0.1, -0.05) is 34.6 Å². The number of rotatable bonds is 5. The van der Waals surface area contributed by atoms with Crippen LogP contribution < -0.4 is 11.1 Å². The fourth-order valence-corrected chi connectivity index (χ4v) is 3.34. The molecule has 1 rings (SSSR count). The minimum absolute atomic E-state index is 0. The molecule has 2 atom stereocenters. The second kappa shape index (κ2) is 9.04. The van der Waals surface area contributed by atoms with Crippen molar-refractivity contribution in [3.8, 4) is 0 Å². The van der Waals surface area contributed by atoms with E-state index in [0.717, 1.165) is 25.8 Å². The summed E-state index contributed by atoms with van der Waals surface area (Å²) in [7, 11) is 0. The Kier molecular flexibility index (Phi) is 8.74. The van der Waals surface area contributed by atoms with E-state index in [2.05, 4.69) is 19.2 Å². The van der Waals surface area contributed by atoms with E-state index in [1.54, 1.807) is 0 Å². The van der Waals surface area contributed by atoms with Crippen LogP contribution in [-0.2, 0) is 9.59 Å². The number of hydrogen-bond acceptors (Lipinski definition) is 3. The number of amides is 2. The predicted octanol–water partition coefficient (Wildman–Crippen LogP) is 2.57. The Balaban J connectivity index is 0.00000529. The van der Waals surface area contributed by atoms with Crippen LogP contribution in [0.1, 0.15) is 60.8 Å². The first-order chi connectivity index (χ1) is 10.5. The zero-order chi connectivity index (χ0) is 17.8. The Hall–Kier alpha value is -0.810. The van der Waals surface area contributed by atoms with Crippen LogP contribution in [-0.4, -0.2) is 41.9 Å². The maximum atomic E-state index is 12.7. The van der Waals surface area contributed by atoms with Crippen molar-refractivity contribution < 1.29 is 9.59 Å². The van der Waals surface area contributed by atoms with Crippen molar-refractivity contribution in [3.05, 3.63) is 0 Å². The summed E-state index contributed by atoms with van der Waals surface area (Å²) in [6.45, 7) is 13.7. The lowest BCUT2D eigenvalue weighted by Gasteiger charge is -2.38. The minimum Gasteiger partial charge on any atom is -0.349 e. The molecule has 5 nitrogen and oxygen atoms in total. The van der Waals surface area contributed by atoms with Gasteiger partial charge in [0.1, 0.15) is 0 Å². The second-order valence-corrected chi connectivity index (χ2v) is 8.69. The maximum absolute atomic E-state index is 12.7. The van der Waals surface area contributed by atoms with Gasteiger partial charge in [-0.25, -0.2) is 0 Å². The molecule has 0 aromatic carbocycles. The van der Waals surface area contributed by atoms with E-state index >= 15 is 0 Å². The Morgan fingerprint density at radius 3 is 2.29 bits per heavy atom. The van der Waals surface area contributed by atoms with Gasteiger partial charge in [-0.15, -0.1) is 12.4 Å². The highest BCUT2D eigenvalue weighted by atomic mass is 35.5. The van der Waals surface area contributed by atoms with Crippen molar-refractivity contribution in [3.63, 3.8) is 0 Å². The smallest absolute Gasteiger partial charge is 0.227 e. The second-order valence-electron chi connectivity index (χ2n) is 8.69. The predicted molar refractivity (Wildman–Crippen MR) is 101 cm³/mol. The number of nitrogens with two attached hydrogens (primary N) is 1. The van der Waals surface area contributed by atoms with Gasteiger partial charge >= 0.3 is 0 Å². The number of likely N-dealkylation sites (tertiary alicyclic amines) is 1. The average molecular weight is 362 g/mol. The summed E-state index contributed by atoms with van der Waals surface area (Å²) < 4.78 is 0. The molecule has 0 aliphatic carbocycles. The minimum atomic E-state index is -0.401. The van der Waals surface area contributed by atoms with Crippen LogP contribution in [0.2, 0.25) is 0 Å². The maximum Gasteiger partial charge on any atom is 0.227 e. The highest BCUT2D eigenvalue weighted by Crippen LogP contribution is 2.24. The molecule has 2 amide bonds. The molecule has 142 valence electrons. The third kappa shape index (κ3) is 6.60. The molecule has 6 heteroatoms. The van der Waals surface area contributed by atoms with Gasteiger partial charge in [0, 0.05) is 30.6 Å². The summed E-state index contributed by atoms with van der Waals surface area (Å²) in [6.07, 6.45) is 2.57. The third-order valence-electron chi connectivity index (χ3n) is 4.46. The summed E-state index contributed by atoms with van der Waals surface area (Å²) in [5.74, 6) is 0.492. The summed E-state index contributed by atoms with van der Waals surface area (Å²) in [6, 6.07) is 0. The molecule has 2 unspecified atom stereocenters. The fraction of sp³-hybridized carbons (Fsp3) is 0.889. The number of carbonyl (C=O) groups is 2. The lowest BCUT2D eigenvalue weighted by Crippen LogP contribution is -2.56. The molecule has 0 aromatic rings. The zero-order valence-electron chi connectivity index (χ0n) is 16.1. The van der Waals surface area contributed by atoms with Gasteiger partial charge in [-0.05, 0) is 32.1 Å². The number of piperidine rings is 1. The Morgan fingerprint density at radius 1 is 1.25 bits per heavy atom. The van der Waals surface area contributed by atoms with Crippen LogP contribution in [0.15, 0.2) is 0 Å². The van der Waals surface area contributed by atoms with Gasteiger partial charge in [-0.2, -0.15) is 0 Å². The molecular weight excluding hydrogens is 326 g/mol. The fourth-order valence-electron chi connectivity index (χ4n) is 3.34. The lowest BCUT2D eigenvalue weighted by molar-refractivity contribution is -0.143. The van der Waals surface area contributed by atoms with Crippen LogP contribution in [0.4, 0.5) is 0 Å². The van der Waals surface area contributed by atoms with E-state index in [1.165, 1.54) is 0 Å². The Morgan fingerprint density at radius 2 is 1.83 bits per heavy atom. The zero-order valence-corrected chi connectivity index (χ0v) is 17.0. The van der Waals surface area contributed by atoms with E-state index in [1.807, 2.05) is 32.6 Å². The molecule has 0 saturated carbocycles.